The van der Waals surface area contributed by atoms with E-state index in [9.17, 15) is 15.0 Å². The standard InChI is InChI=1S/C16H15NO3/c18-14-6-5-11(8-15(14)19)16(20)17-9-12-7-10-3-1-2-4-13(10)12/h1-6,8,12,18-19H,7,9H2,(H,17,20). The molecule has 4 nitrogen and oxygen atoms in total. The predicted molar refractivity (Wildman–Crippen MR) is 75.0 cm³/mol. The van der Waals surface area contributed by atoms with Crippen LogP contribution in [-0.4, -0.2) is 22.7 Å². The van der Waals surface area contributed by atoms with E-state index in [4.69, 9.17) is 0 Å². The number of phenolic OH excluding ortho intramolecular Hbond substituents is 2. The molecule has 3 N–H and O–H groups in total. The van der Waals surface area contributed by atoms with Gasteiger partial charge >= 0.3 is 0 Å². The third kappa shape index (κ3) is 2.20. The number of carbonyl (C=O) groups is 1. The van der Waals surface area contributed by atoms with Crippen LogP contribution < -0.4 is 5.32 Å². The summed E-state index contributed by atoms with van der Waals surface area (Å²) in [5.74, 6) is -0.397. The number of hydrogen-bond acceptors (Lipinski definition) is 3. The molecule has 2 aromatic rings. The Hall–Kier alpha value is -2.49. The summed E-state index contributed by atoms with van der Waals surface area (Å²) in [5.41, 5.74) is 2.98. The molecule has 2 aromatic carbocycles. The van der Waals surface area contributed by atoms with Crippen molar-refractivity contribution in [3.63, 3.8) is 0 Å². The lowest BCUT2D eigenvalue weighted by Gasteiger charge is -2.30. The van der Waals surface area contributed by atoms with Crippen molar-refractivity contribution in [2.24, 2.45) is 0 Å². The summed E-state index contributed by atoms with van der Waals surface area (Å²) in [5, 5.41) is 21.5. The Kier molecular flexibility index (Phi) is 3.06. The van der Waals surface area contributed by atoms with E-state index >= 15 is 0 Å². The van der Waals surface area contributed by atoms with E-state index in [0.717, 1.165) is 6.42 Å². The molecule has 102 valence electrons. The smallest absolute Gasteiger partial charge is 0.251 e. The topological polar surface area (TPSA) is 69.6 Å². The fourth-order valence-corrected chi connectivity index (χ4v) is 2.53. The maximum Gasteiger partial charge on any atom is 0.251 e. The highest BCUT2D eigenvalue weighted by Gasteiger charge is 2.25. The fourth-order valence-electron chi connectivity index (χ4n) is 2.53. The Balaban J connectivity index is 1.62. The van der Waals surface area contributed by atoms with E-state index in [1.54, 1.807) is 0 Å². The molecule has 0 spiro atoms. The quantitative estimate of drug-likeness (QED) is 0.748. The van der Waals surface area contributed by atoms with Gasteiger partial charge in [0.05, 0.1) is 0 Å². The zero-order valence-electron chi connectivity index (χ0n) is 10.8. The lowest BCUT2D eigenvalue weighted by Crippen LogP contribution is -2.33. The van der Waals surface area contributed by atoms with Crippen molar-refractivity contribution in [2.45, 2.75) is 12.3 Å². The number of fused-ring (bicyclic) bond motifs is 1. The van der Waals surface area contributed by atoms with Crippen LogP contribution in [0.25, 0.3) is 0 Å². The first-order chi connectivity index (χ1) is 9.65. The van der Waals surface area contributed by atoms with Gasteiger partial charge in [0.25, 0.3) is 5.91 Å². The van der Waals surface area contributed by atoms with Gasteiger partial charge < -0.3 is 15.5 Å². The van der Waals surface area contributed by atoms with Crippen LogP contribution in [0.4, 0.5) is 0 Å². The van der Waals surface area contributed by atoms with Crippen molar-refractivity contribution in [3.8, 4) is 11.5 Å². The SMILES string of the molecule is O=C(NCC1Cc2ccccc21)c1ccc(O)c(O)c1. The summed E-state index contributed by atoms with van der Waals surface area (Å²) in [6.45, 7) is 0.581. The van der Waals surface area contributed by atoms with E-state index in [1.807, 2.05) is 12.1 Å². The molecule has 0 aliphatic heterocycles. The molecule has 1 atom stereocenters. The Morgan fingerprint density at radius 3 is 2.70 bits per heavy atom. The van der Waals surface area contributed by atoms with Crippen LogP contribution >= 0.6 is 0 Å². The van der Waals surface area contributed by atoms with Crippen molar-refractivity contribution in [1.82, 2.24) is 5.32 Å². The van der Waals surface area contributed by atoms with Gasteiger partial charge in [-0.1, -0.05) is 24.3 Å². The minimum Gasteiger partial charge on any atom is -0.504 e. The molecule has 1 unspecified atom stereocenters. The first-order valence-electron chi connectivity index (χ1n) is 6.53. The molecular formula is C16H15NO3. The second kappa shape index (κ2) is 4.89. The van der Waals surface area contributed by atoms with E-state index in [2.05, 4.69) is 17.4 Å². The van der Waals surface area contributed by atoms with Gasteiger partial charge in [-0.05, 0) is 35.7 Å². The van der Waals surface area contributed by atoms with Gasteiger partial charge in [0, 0.05) is 18.0 Å². The van der Waals surface area contributed by atoms with Gasteiger partial charge in [0.15, 0.2) is 11.5 Å². The molecule has 0 bridgehead atoms. The van der Waals surface area contributed by atoms with Crippen LogP contribution in [0, 0.1) is 0 Å². The predicted octanol–water partition coefficient (Wildman–Crippen LogP) is 2.17. The highest BCUT2D eigenvalue weighted by Crippen LogP contribution is 2.34. The summed E-state index contributed by atoms with van der Waals surface area (Å²) in [6, 6.07) is 12.3. The Morgan fingerprint density at radius 1 is 1.15 bits per heavy atom. The van der Waals surface area contributed by atoms with E-state index in [-0.39, 0.29) is 17.4 Å². The molecule has 0 radical (unpaired) electrons. The largest absolute Gasteiger partial charge is 0.504 e. The fraction of sp³-hybridized carbons (Fsp3) is 0.188. The van der Waals surface area contributed by atoms with Crippen LogP contribution in [0.15, 0.2) is 42.5 Å². The van der Waals surface area contributed by atoms with Gasteiger partial charge in [-0.25, -0.2) is 0 Å². The molecule has 0 heterocycles. The Bertz CT molecular complexity index is 667. The summed E-state index contributed by atoms with van der Waals surface area (Å²) in [6.07, 6.45) is 0.983. The van der Waals surface area contributed by atoms with Crippen molar-refractivity contribution in [2.75, 3.05) is 6.54 Å². The van der Waals surface area contributed by atoms with Crippen molar-refractivity contribution < 1.29 is 15.0 Å². The van der Waals surface area contributed by atoms with Gasteiger partial charge in [-0.15, -0.1) is 0 Å². The minimum atomic E-state index is -0.286. The lowest BCUT2D eigenvalue weighted by molar-refractivity contribution is 0.0949. The first-order valence-corrected chi connectivity index (χ1v) is 6.53. The van der Waals surface area contributed by atoms with Crippen molar-refractivity contribution >= 4 is 5.91 Å². The number of amides is 1. The second-order valence-corrected chi connectivity index (χ2v) is 5.01. The number of carbonyl (C=O) groups excluding carboxylic acids is 1. The van der Waals surface area contributed by atoms with Crippen molar-refractivity contribution in [3.05, 3.63) is 59.2 Å². The van der Waals surface area contributed by atoms with Gasteiger partial charge in [0.2, 0.25) is 0 Å². The van der Waals surface area contributed by atoms with Crippen LogP contribution in [0.1, 0.15) is 27.4 Å². The van der Waals surface area contributed by atoms with Gasteiger partial charge in [-0.2, -0.15) is 0 Å². The minimum absolute atomic E-state index is 0.227. The van der Waals surface area contributed by atoms with Gasteiger partial charge in [0.1, 0.15) is 0 Å². The Labute approximate surface area is 116 Å². The van der Waals surface area contributed by atoms with E-state index < -0.39 is 0 Å². The van der Waals surface area contributed by atoms with Crippen molar-refractivity contribution in [1.29, 1.82) is 0 Å². The molecule has 20 heavy (non-hydrogen) atoms. The molecule has 0 aromatic heterocycles. The zero-order chi connectivity index (χ0) is 14.1. The van der Waals surface area contributed by atoms with Crippen LogP contribution in [0.2, 0.25) is 0 Å². The molecule has 0 saturated carbocycles. The summed E-state index contributed by atoms with van der Waals surface area (Å²) in [7, 11) is 0. The molecule has 4 heteroatoms. The van der Waals surface area contributed by atoms with Gasteiger partial charge in [-0.3, -0.25) is 4.79 Å². The molecule has 3 rings (SSSR count). The second-order valence-electron chi connectivity index (χ2n) is 5.01. The maximum absolute atomic E-state index is 12.0. The highest BCUT2D eigenvalue weighted by atomic mass is 16.3. The highest BCUT2D eigenvalue weighted by molar-refractivity contribution is 5.94. The summed E-state index contributed by atoms with van der Waals surface area (Å²) < 4.78 is 0. The third-order valence-electron chi connectivity index (χ3n) is 3.71. The lowest BCUT2D eigenvalue weighted by atomic mass is 9.77. The molecule has 1 amide bonds. The van der Waals surface area contributed by atoms with Crippen LogP contribution in [0.5, 0.6) is 11.5 Å². The number of rotatable bonds is 3. The number of benzene rings is 2. The number of hydrogen-bond donors (Lipinski definition) is 3. The van der Waals surface area contributed by atoms with Crippen LogP contribution in [-0.2, 0) is 6.42 Å². The first kappa shape index (κ1) is 12.5. The maximum atomic E-state index is 12.0. The van der Waals surface area contributed by atoms with E-state index in [0.29, 0.717) is 18.0 Å². The summed E-state index contributed by atoms with van der Waals surface area (Å²) >= 11 is 0. The average Bonchev–Trinajstić information content (AvgIpc) is 2.42. The monoisotopic (exact) mass is 269 g/mol. The number of phenols is 2. The van der Waals surface area contributed by atoms with E-state index in [1.165, 1.54) is 29.3 Å². The Morgan fingerprint density at radius 2 is 1.95 bits per heavy atom. The number of aromatic hydroxyl groups is 2. The molecule has 1 aliphatic rings. The average molecular weight is 269 g/mol. The summed E-state index contributed by atoms with van der Waals surface area (Å²) in [4.78, 5) is 12.0. The molecule has 1 aliphatic carbocycles. The normalized spacial score (nSPS) is 16.1. The zero-order valence-corrected chi connectivity index (χ0v) is 10.8. The molecular weight excluding hydrogens is 254 g/mol. The molecule has 0 saturated heterocycles. The van der Waals surface area contributed by atoms with Crippen LogP contribution in [0.3, 0.4) is 0 Å². The molecule has 0 fully saturated rings. The number of nitrogens with one attached hydrogen (secondary N) is 1. The third-order valence-corrected chi connectivity index (χ3v) is 3.71.